The van der Waals surface area contributed by atoms with Gasteiger partial charge in [0.15, 0.2) is 5.76 Å². The van der Waals surface area contributed by atoms with Crippen LogP contribution >= 0.6 is 0 Å². The molecule has 0 atom stereocenters. The van der Waals surface area contributed by atoms with Gasteiger partial charge < -0.3 is 4.84 Å². The van der Waals surface area contributed by atoms with Crippen LogP contribution in [0.5, 0.6) is 0 Å². The molecule has 2 N–H and O–H groups in total. The van der Waals surface area contributed by atoms with Gasteiger partial charge in [-0.3, -0.25) is 0 Å². The summed E-state index contributed by atoms with van der Waals surface area (Å²) in [6.45, 7) is 3.88. The molecule has 0 amide bonds. The minimum atomic E-state index is -0.350. The Hall–Kier alpha value is -3.71. The second-order valence-electron chi connectivity index (χ2n) is 6.90. The van der Waals surface area contributed by atoms with E-state index in [0.717, 1.165) is 27.5 Å². The summed E-state index contributed by atoms with van der Waals surface area (Å²) in [4.78, 5) is 17.8. The Morgan fingerprint density at radius 1 is 1.00 bits per heavy atom. The van der Waals surface area contributed by atoms with Crippen LogP contribution in [0, 0.1) is 6.92 Å². The lowest BCUT2D eigenvalue weighted by atomic mass is 9.96. The van der Waals surface area contributed by atoms with Gasteiger partial charge in [-0.25, -0.2) is 4.79 Å². The van der Waals surface area contributed by atoms with Gasteiger partial charge >= 0.3 is 5.69 Å². The Morgan fingerprint density at radius 3 is 2.45 bits per heavy atom. The van der Waals surface area contributed by atoms with Crippen molar-refractivity contribution in [2.75, 3.05) is 0 Å². The minimum Gasteiger partial charge on any atom is -0.410 e. The molecule has 1 heterocycles. The van der Waals surface area contributed by atoms with Gasteiger partial charge in [-0.2, -0.15) is 15.3 Å². The highest BCUT2D eigenvalue weighted by atomic mass is 16.6. The molecule has 0 radical (unpaired) electrons. The molecule has 0 aliphatic rings. The number of allylic oxidation sites excluding steroid dienone is 1. The van der Waals surface area contributed by atoms with Gasteiger partial charge in [-0.1, -0.05) is 48.5 Å². The third kappa shape index (κ3) is 3.21. The van der Waals surface area contributed by atoms with Crippen molar-refractivity contribution < 1.29 is 4.84 Å². The molecule has 0 fully saturated rings. The highest BCUT2D eigenvalue weighted by Crippen LogP contribution is 2.32. The number of fused-ring (bicyclic) bond motifs is 1. The van der Waals surface area contributed by atoms with Crippen LogP contribution in [0.15, 0.2) is 65.5 Å². The summed E-state index contributed by atoms with van der Waals surface area (Å²) in [6, 6.07) is 19.9. The van der Waals surface area contributed by atoms with E-state index >= 15 is 0 Å². The Kier molecular flexibility index (Phi) is 4.74. The summed E-state index contributed by atoms with van der Waals surface area (Å²) in [5.74, 6) is 6.21. The van der Waals surface area contributed by atoms with E-state index in [-0.39, 0.29) is 5.69 Å². The van der Waals surface area contributed by atoms with Crippen LogP contribution in [0.25, 0.3) is 27.8 Å². The standard InChI is InChI=1S/C22H21N5O2/c1-14-7-6-10-19(27-22(28)26(3)24-25-27)20(14)21(29-23)15(2)17-12-11-16-8-4-5-9-18(16)13-17/h4-13H,23H2,1-3H3/b21-15+. The minimum absolute atomic E-state index is 0.350. The van der Waals surface area contributed by atoms with E-state index in [0.29, 0.717) is 17.0 Å². The number of nitrogens with two attached hydrogens (primary N) is 1. The van der Waals surface area contributed by atoms with E-state index < -0.39 is 0 Å². The smallest absolute Gasteiger partial charge is 0.368 e. The van der Waals surface area contributed by atoms with Crippen LogP contribution in [-0.2, 0) is 11.9 Å². The zero-order chi connectivity index (χ0) is 20.5. The molecule has 4 rings (SSSR count). The largest absolute Gasteiger partial charge is 0.410 e. The molecule has 0 saturated heterocycles. The topological polar surface area (TPSA) is 88.0 Å². The Bertz CT molecular complexity index is 1300. The summed E-state index contributed by atoms with van der Waals surface area (Å²) < 4.78 is 2.42. The third-order valence-corrected chi connectivity index (χ3v) is 5.07. The van der Waals surface area contributed by atoms with Crippen molar-refractivity contribution in [3.8, 4) is 5.69 Å². The molecule has 1 aromatic heterocycles. The Balaban J connectivity index is 1.96. The molecule has 3 aromatic carbocycles. The van der Waals surface area contributed by atoms with Crippen molar-refractivity contribution in [3.63, 3.8) is 0 Å². The zero-order valence-electron chi connectivity index (χ0n) is 16.5. The normalized spacial score (nSPS) is 12.1. The van der Waals surface area contributed by atoms with Crippen molar-refractivity contribution in [1.29, 1.82) is 0 Å². The Morgan fingerprint density at radius 2 is 1.76 bits per heavy atom. The molecule has 0 saturated carbocycles. The predicted molar refractivity (Wildman–Crippen MR) is 113 cm³/mol. The first kappa shape index (κ1) is 18.6. The summed E-state index contributed by atoms with van der Waals surface area (Å²) in [7, 11) is 1.55. The Labute approximate surface area is 167 Å². The lowest BCUT2D eigenvalue weighted by Crippen LogP contribution is -2.23. The van der Waals surface area contributed by atoms with E-state index in [4.69, 9.17) is 10.7 Å². The number of aryl methyl sites for hydroxylation is 2. The molecular weight excluding hydrogens is 366 g/mol. The molecule has 0 aliphatic carbocycles. The van der Waals surface area contributed by atoms with Gasteiger partial charge in [0.25, 0.3) is 0 Å². The maximum absolute atomic E-state index is 12.4. The number of rotatable bonds is 4. The summed E-state index contributed by atoms with van der Waals surface area (Å²) in [6.07, 6.45) is 0. The molecule has 4 aromatic rings. The van der Waals surface area contributed by atoms with Gasteiger partial charge in [0.05, 0.1) is 5.69 Å². The van der Waals surface area contributed by atoms with Crippen LogP contribution in [0.3, 0.4) is 0 Å². The second-order valence-corrected chi connectivity index (χ2v) is 6.90. The van der Waals surface area contributed by atoms with Crippen LogP contribution in [0.2, 0.25) is 0 Å². The first-order chi connectivity index (χ1) is 14.0. The van der Waals surface area contributed by atoms with Gasteiger partial charge in [-0.15, -0.1) is 0 Å². The van der Waals surface area contributed by atoms with Crippen molar-refractivity contribution in [3.05, 3.63) is 87.8 Å². The molecule has 146 valence electrons. The molecular formula is C22H21N5O2. The van der Waals surface area contributed by atoms with Crippen molar-refractivity contribution in [1.82, 2.24) is 19.8 Å². The van der Waals surface area contributed by atoms with Crippen molar-refractivity contribution >= 4 is 22.1 Å². The average Bonchev–Trinajstić information content (AvgIpc) is 3.07. The maximum atomic E-state index is 12.4. The summed E-state index contributed by atoms with van der Waals surface area (Å²) in [5, 5.41) is 10.1. The highest BCUT2D eigenvalue weighted by Gasteiger charge is 2.20. The fourth-order valence-corrected chi connectivity index (χ4v) is 3.48. The van der Waals surface area contributed by atoms with E-state index in [9.17, 15) is 4.79 Å². The summed E-state index contributed by atoms with van der Waals surface area (Å²) in [5.41, 5.74) is 3.64. The zero-order valence-corrected chi connectivity index (χ0v) is 16.5. The van der Waals surface area contributed by atoms with E-state index in [1.54, 1.807) is 13.1 Å². The second kappa shape index (κ2) is 7.37. The fraction of sp³-hybridized carbons (Fsp3) is 0.136. The maximum Gasteiger partial charge on any atom is 0.368 e. The fourth-order valence-electron chi connectivity index (χ4n) is 3.48. The molecule has 0 unspecified atom stereocenters. The SMILES string of the molecule is C/C(=C(\ON)c1c(C)cccc1-n1nnn(C)c1=O)c1ccc2ccccc2c1. The van der Waals surface area contributed by atoms with Gasteiger partial charge in [-0.05, 0) is 58.3 Å². The predicted octanol–water partition coefficient (Wildman–Crippen LogP) is 3.21. The highest BCUT2D eigenvalue weighted by molar-refractivity contribution is 5.93. The van der Waals surface area contributed by atoms with Crippen LogP contribution in [0.4, 0.5) is 0 Å². The first-order valence-corrected chi connectivity index (χ1v) is 9.17. The van der Waals surface area contributed by atoms with E-state index in [1.165, 1.54) is 9.36 Å². The lowest BCUT2D eigenvalue weighted by molar-refractivity contribution is 0.291. The number of aromatic nitrogens is 4. The first-order valence-electron chi connectivity index (χ1n) is 9.17. The molecule has 0 bridgehead atoms. The molecule has 7 nitrogen and oxygen atoms in total. The van der Waals surface area contributed by atoms with Gasteiger partial charge in [0, 0.05) is 18.2 Å². The lowest BCUT2D eigenvalue weighted by Gasteiger charge is -2.16. The molecule has 0 spiro atoms. The van der Waals surface area contributed by atoms with Crippen molar-refractivity contribution in [2.24, 2.45) is 12.9 Å². The average molecular weight is 387 g/mol. The van der Waals surface area contributed by atoms with Crippen molar-refractivity contribution in [2.45, 2.75) is 13.8 Å². The van der Waals surface area contributed by atoms with E-state index in [2.05, 4.69) is 34.7 Å². The quantitative estimate of drug-likeness (QED) is 0.330. The number of tetrazole rings is 1. The molecule has 29 heavy (non-hydrogen) atoms. The monoisotopic (exact) mass is 387 g/mol. The number of benzene rings is 3. The van der Waals surface area contributed by atoms with Gasteiger partial charge in [0.2, 0.25) is 0 Å². The molecule has 0 aliphatic heterocycles. The molecule has 7 heteroatoms. The third-order valence-electron chi connectivity index (χ3n) is 5.07. The number of hydrogen-bond donors (Lipinski definition) is 1. The van der Waals surface area contributed by atoms with Crippen LogP contribution < -0.4 is 11.6 Å². The van der Waals surface area contributed by atoms with E-state index in [1.807, 2.05) is 44.2 Å². The number of hydrogen-bond acceptors (Lipinski definition) is 5. The summed E-state index contributed by atoms with van der Waals surface area (Å²) >= 11 is 0. The van der Waals surface area contributed by atoms with Crippen LogP contribution in [0.1, 0.15) is 23.6 Å². The van der Waals surface area contributed by atoms with Gasteiger partial charge in [0.1, 0.15) is 0 Å². The number of nitrogens with zero attached hydrogens (tertiary/aromatic N) is 4. The van der Waals surface area contributed by atoms with Crippen LogP contribution in [-0.4, -0.2) is 19.8 Å².